The first-order valence-electron chi connectivity index (χ1n) is 5.23. The summed E-state index contributed by atoms with van der Waals surface area (Å²) in [5.74, 6) is 0.958. The van der Waals surface area contributed by atoms with E-state index in [9.17, 15) is 0 Å². The zero-order valence-corrected chi connectivity index (χ0v) is 10.7. The SMILES string of the molecule is Clc1ccc(NCCSc2ccncn2)cc1. The second-order valence-electron chi connectivity index (χ2n) is 3.33. The number of hydrogen-bond acceptors (Lipinski definition) is 4. The monoisotopic (exact) mass is 265 g/mol. The van der Waals surface area contributed by atoms with Crippen LogP contribution in [0.2, 0.25) is 5.02 Å². The molecule has 1 aromatic heterocycles. The maximum absolute atomic E-state index is 5.81. The van der Waals surface area contributed by atoms with Crippen molar-refractivity contribution in [3.8, 4) is 0 Å². The second-order valence-corrected chi connectivity index (χ2v) is 4.88. The number of hydrogen-bond donors (Lipinski definition) is 1. The fraction of sp³-hybridized carbons (Fsp3) is 0.167. The zero-order chi connectivity index (χ0) is 11.9. The first-order chi connectivity index (χ1) is 8.34. The van der Waals surface area contributed by atoms with Gasteiger partial charge in [0.05, 0.1) is 5.03 Å². The highest BCUT2D eigenvalue weighted by atomic mass is 35.5. The smallest absolute Gasteiger partial charge is 0.116 e. The highest BCUT2D eigenvalue weighted by Gasteiger charge is 1.95. The number of nitrogens with zero attached hydrogens (tertiary/aromatic N) is 2. The van der Waals surface area contributed by atoms with Gasteiger partial charge in [-0.25, -0.2) is 9.97 Å². The lowest BCUT2D eigenvalue weighted by Gasteiger charge is -2.05. The van der Waals surface area contributed by atoms with Gasteiger partial charge < -0.3 is 5.32 Å². The van der Waals surface area contributed by atoms with Crippen molar-refractivity contribution in [2.45, 2.75) is 5.03 Å². The molecule has 0 aliphatic heterocycles. The Bertz CT molecular complexity index is 447. The van der Waals surface area contributed by atoms with E-state index in [1.165, 1.54) is 0 Å². The lowest BCUT2D eigenvalue weighted by Crippen LogP contribution is -2.03. The summed E-state index contributed by atoms with van der Waals surface area (Å²) in [6.45, 7) is 0.885. The molecule has 1 heterocycles. The fourth-order valence-electron chi connectivity index (χ4n) is 1.28. The summed E-state index contributed by atoms with van der Waals surface area (Å²) in [6, 6.07) is 9.60. The minimum Gasteiger partial charge on any atom is -0.384 e. The quantitative estimate of drug-likeness (QED) is 0.511. The minimum absolute atomic E-state index is 0.755. The van der Waals surface area contributed by atoms with E-state index < -0.39 is 0 Å². The van der Waals surface area contributed by atoms with Crippen LogP contribution in [0.15, 0.2) is 47.9 Å². The van der Waals surface area contributed by atoms with Crippen molar-refractivity contribution in [2.75, 3.05) is 17.6 Å². The average molecular weight is 266 g/mol. The van der Waals surface area contributed by atoms with Crippen LogP contribution >= 0.6 is 23.4 Å². The molecule has 0 aliphatic rings. The molecule has 1 aromatic carbocycles. The van der Waals surface area contributed by atoms with Gasteiger partial charge in [0, 0.05) is 29.2 Å². The molecule has 0 aliphatic carbocycles. The van der Waals surface area contributed by atoms with Gasteiger partial charge in [0.2, 0.25) is 0 Å². The maximum atomic E-state index is 5.81. The molecular weight excluding hydrogens is 254 g/mol. The normalized spacial score (nSPS) is 10.2. The van der Waals surface area contributed by atoms with Gasteiger partial charge in [0.15, 0.2) is 0 Å². The fourth-order valence-corrected chi connectivity index (χ4v) is 2.10. The van der Waals surface area contributed by atoms with E-state index >= 15 is 0 Å². The van der Waals surface area contributed by atoms with Gasteiger partial charge in [-0.1, -0.05) is 11.6 Å². The van der Waals surface area contributed by atoms with Crippen LogP contribution in [-0.4, -0.2) is 22.3 Å². The largest absolute Gasteiger partial charge is 0.384 e. The number of thioether (sulfide) groups is 1. The summed E-state index contributed by atoms with van der Waals surface area (Å²) in [7, 11) is 0. The third kappa shape index (κ3) is 4.24. The van der Waals surface area contributed by atoms with Gasteiger partial charge in [-0.15, -0.1) is 11.8 Å². The van der Waals surface area contributed by atoms with E-state index in [-0.39, 0.29) is 0 Å². The molecular formula is C12H12ClN3S. The van der Waals surface area contributed by atoms with E-state index in [0.717, 1.165) is 28.0 Å². The van der Waals surface area contributed by atoms with Gasteiger partial charge in [0.1, 0.15) is 6.33 Å². The van der Waals surface area contributed by atoms with E-state index in [1.807, 2.05) is 30.3 Å². The number of rotatable bonds is 5. The van der Waals surface area contributed by atoms with Crippen LogP contribution < -0.4 is 5.32 Å². The van der Waals surface area contributed by atoms with Gasteiger partial charge in [0.25, 0.3) is 0 Å². The molecule has 0 fully saturated rings. The summed E-state index contributed by atoms with van der Waals surface area (Å²) >= 11 is 7.51. The Morgan fingerprint density at radius 1 is 1.18 bits per heavy atom. The molecule has 0 saturated carbocycles. The number of aromatic nitrogens is 2. The highest BCUT2D eigenvalue weighted by Crippen LogP contribution is 2.15. The molecule has 0 unspecified atom stereocenters. The summed E-state index contributed by atoms with van der Waals surface area (Å²) in [5, 5.41) is 5.07. The molecule has 2 aromatic rings. The predicted octanol–water partition coefficient (Wildman–Crippen LogP) is 3.33. The molecule has 88 valence electrons. The maximum Gasteiger partial charge on any atom is 0.116 e. The van der Waals surface area contributed by atoms with Crippen LogP contribution in [-0.2, 0) is 0 Å². The van der Waals surface area contributed by atoms with Crippen LogP contribution in [0, 0.1) is 0 Å². The Balaban J connectivity index is 1.71. The molecule has 5 heteroatoms. The topological polar surface area (TPSA) is 37.8 Å². The van der Waals surface area contributed by atoms with Gasteiger partial charge in [-0.2, -0.15) is 0 Å². The number of benzene rings is 1. The van der Waals surface area contributed by atoms with Crippen LogP contribution in [0.5, 0.6) is 0 Å². The van der Waals surface area contributed by atoms with Crippen molar-refractivity contribution in [3.63, 3.8) is 0 Å². The van der Waals surface area contributed by atoms with Crippen molar-refractivity contribution < 1.29 is 0 Å². The molecule has 3 nitrogen and oxygen atoms in total. The Hall–Kier alpha value is -1.26. The van der Waals surface area contributed by atoms with Crippen molar-refractivity contribution in [3.05, 3.63) is 47.9 Å². The zero-order valence-electron chi connectivity index (χ0n) is 9.14. The van der Waals surface area contributed by atoms with E-state index in [1.54, 1.807) is 24.3 Å². The second kappa shape index (κ2) is 6.47. The van der Waals surface area contributed by atoms with Gasteiger partial charge in [-0.05, 0) is 30.3 Å². The standard InChI is InChI=1S/C12H12ClN3S/c13-10-1-3-11(4-2-10)15-7-8-17-12-5-6-14-9-16-12/h1-6,9,15H,7-8H2. The number of anilines is 1. The Kier molecular flexibility index (Phi) is 4.64. The third-order valence-electron chi connectivity index (χ3n) is 2.08. The minimum atomic E-state index is 0.755. The van der Waals surface area contributed by atoms with Crippen LogP contribution in [0.25, 0.3) is 0 Å². The molecule has 0 spiro atoms. The van der Waals surface area contributed by atoms with E-state index in [2.05, 4.69) is 15.3 Å². The summed E-state index contributed by atoms with van der Waals surface area (Å²) in [5.41, 5.74) is 1.08. The lowest BCUT2D eigenvalue weighted by atomic mass is 10.3. The molecule has 17 heavy (non-hydrogen) atoms. The van der Waals surface area contributed by atoms with Crippen molar-refractivity contribution in [1.82, 2.24) is 9.97 Å². The molecule has 2 rings (SSSR count). The Morgan fingerprint density at radius 3 is 2.71 bits per heavy atom. The van der Waals surface area contributed by atoms with Crippen LogP contribution in [0.1, 0.15) is 0 Å². The van der Waals surface area contributed by atoms with Crippen molar-refractivity contribution in [2.24, 2.45) is 0 Å². The Labute approximate surface area is 110 Å². The first kappa shape index (κ1) is 12.2. The molecule has 1 N–H and O–H groups in total. The van der Waals surface area contributed by atoms with E-state index in [4.69, 9.17) is 11.6 Å². The summed E-state index contributed by atoms with van der Waals surface area (Å²) < 4.78 is 0. The van der Waals surface area contributed by atoms with Gasteiger partial charge in [-0.3, -0.25) is 0 Å². The van der Waals surface area contributed by atoms with E-state index in [0.29, 0.717) is 0 Å². The average Bonchev–Trinajstić information content (AvgIpc) is 2.38. The summed E-state index contributed by atoms with van der Waals surface area (Å²) in [4.78, 5) is 8.02. The molecule has 0 radical (unpaired) electrons. The number of halogens is 1. The van der Waals surface area contributed by atoms with Crippen molar-refractivity contribution in [1.29, 1.82) is 0 Å². The Morgan fingerprint density at radius 2 is 2.00 bits per heavy atom. The van der Waals surface area contributed by atoms with Gasteiger partial charge >= 0.3 is 0 Å². The first-order valence-corrected chi connectivity index (χ1v) is 6.59. The number of nitrogens with one attached hydrogen (secondary N) is 1. The molecule has 0 atom stereocenters. The van der Waals surface area contributed by atoms with Crippen LogP contribution in [0.4, 0.5) is 5.69 Å². The molecule has 0 saturated heterocycles. The predicted molar refractivity (Wildman–Crippen MR) is 72.7 cm³/mol. The summed E-state index contributed by atoms with van der Waals surface area (Å²) in [6.07, 6.45) is 3.32. The molecule has 0 bridgehead atoms. The third-order valence-corrected chi connectivity index (χ3v) is 3.28. The van der Waals surface area contributed by atoms with Crippen molar-refractivity contribution >= 4 is 29.1 Å². The lowest BCUT2D eigenvalue weighted by molar-refractivity contribution is 1.04. The molecule has 0 amide bonds. The van der Waals surface area contributed by atoms with Crippen LogP contribution in [0.3, 0.4) is 0 Å². The highest BCUT2D eigenvalue weighted by molar-refractivity contribution is 7.99.